The maximum Gasteiger partial charge on any atom is 0.186 e. The molecule has 3 rings (SSSR count). The molecule has 7 unspecified atom stereocenters. The Morgan fingerprint density at radius 1 is 1.03 bits per heavy atom. The predicted molar refractivity (Wildman–Crippen MR) is 111 cm³/mol. The third-order valence-corrected chi connectivity index (χ3v) is 5.45. The van der Waals surface area contributed by atoms with Crippen LogP contribution < -0.4 is 0 Å². The van der Waals surface area contributed by atoms with Crippen LogP contribution >= 0.6 is 0 Å². The molecule has 166 valence electrons. The molecule has 2 radical (unpaired) electrons. The summed E-state index contributed by atoms with van der Waals surface area (Å²) >= 11 is 0. The standard InChI is InChI=1S/C22H33BO7/c1-14(23)26-12-11-22(2,3)27-13-16-17-18(19(24-4)21(25-5)29-17)30-20(28-16)15-9-7-6-8-10-15/h6-10,14,16-21H,11-13H2,1-5H3. The van der Waals surface area contributed by atoms with Crippen molar-refractivity contribution in [3.8, 4) is 0 Å². The summed E-state index contributed by atoms with van der Waals surface area (Å²) in [4.78, 5) is 0. The van der Waals surface area contributed by atoms with Gasteiger partial charge >= 0.3 is 0 Å². The largest absolute Gasteiger partial charge is 0.388 e. The van der Waals surface area contributed by atoms with Crippen molar-refractivity contribution in [3.63, 3.8) is 0 Å². The number of methoxy groups -OCH3 is 2. The van der Waals surface area contributed by atoms with Crippen LogP contribution in [0.25, 0.3) is 0 Å². The third-order valence-electron chi connectivity index (χ3n) is 5.45. The Morgan fingerprint density at radius 3 is 2.40 bits per heavy atom. The van der Waals surface area contributed by atoms with E-state index < -0.39 is 18.2 Å². The van der Waals surface area contributed by atoms with Gasteiger partial charge < -0.3 is 33.2 Å². The van der Waals surface area contributed by atoms with Crippen LogP contribution in [0.15, 0.2) is 30.3 Å². The minimum Gasteiger partial charge on any atom is -0.388 e. The summed E-state index contributed by atoms with van der Waals surface area (Å²) in [6, 6.07) is 9.53. The van der Waals surface area contributed by atoms with Crippen LogP contribution in [0.5, 0.6) is 0 Å². The summed E-state index contributed by atoms with van der Waals surface area (Å²) in [5.41, 5.74) is 0.523. The topological polar surface area (TPSA) is 64.6 Å². The zero-order chi connectivity index (χ0) is 21.7. The third kappa shape index (κ3) is 5.82. The molecular formula is C22H33BO7. The van der Waals surface area contributed by atoms with Crippen molar-refractivity contribution in [2.45, 2.75) is 75.8 Å². The zero-order valence-corrected chi connectivity index (χ0v) is 18.5. The maximum atomic E-state index is 6.28. The quantitative estimate of drug-likeness (QED) is 0.539. The molecule has 30 heavy (non-hydrogen) atoms. The van der Waals surface area contributed by atoms with Gasteiger partial charge in [0.1, 0.15) is 32.3 Å². The Hall–Kier alpha value is -0.995. The fraction of sp³-hybridized carbons (Fsp3) is 0.727. The first-order chi connectivity index (χ1) is 14.3. The average molecular weight is 420 g/mol. The predicted octanol–water partition coefficient (Wildman–Crippen LogP) is 2.57. The molecule has 2 saturated heterocycles. The fourth-order valence-corrected chi connectivity index (χ4v) is 3.72. The van der Waals surface area contributed by atoms with Crippen LogP contribution in [0, 0.1) is 0 Å². The highest BCUT2D eigenvalue weighted by molar-refractivity contribution is 6.10. The molecule has 0 spiro atoms. The van der Waals surface area contributed by atoms with E-state index in [0.717, 1.165) is 5.56 Å². The highest BCUT2D eigenvalue weighted by Gasteiger charge is 2.54. The Bertz CT molecular complexity index is 642. The van der Waals surface area contributed by atoms with Gasteiger partial charge in [0, 0.05) is 32.4 Å². The second-order valence-corrected chi connectivity index (χ2v) is 8.32. The first kappa shape index (κ1) is 23.7. The lowest BCUT2D eigenvalue weighted by Crippen LogP contribution is -2.51. The van der Waals surface area contributed by atoms with E-state index in [4.69, 9.17) is 41.0 Å². The van der Waals surface area contributed by atoms with Crippen LogP contribution in [0.1, 0.15) is 39.0 Å². The van der Waals surface area contributed by atoms with Gasteiger partial charge in [0.15, 0.2) is 12.6 Å². The minimum absolute atomic E-state index is 0.296. The molecular weight excluding hydrogens is 387 g/mol. The molecule has 2 fully saturated rings. The van der Waals surface area contributed by atoms with Crippen LogP contribution in [0.3, 0.4) is 0 Å². The molecule has 0 saturated carbocycles. The van der Waals surface area contributed by atoms with E-state index in [-0.39, 0.29) is 30.4 Å². The van der Waals surface area contributed by atoms with E-state index in [2.05, 4.69) is 0 Å². The molecule has 0 aliphatic carbocycles. The molecule has 2 heterocycles. The molecule has 2 aliphatic heterocycles. The second kappa shape index (κ2) is 10.5. The van der Waals surface area contributed by atoms with Crippen molar-refractivity contribution in [1.82, 2.24) is 0 Å². The van der Waals surface area contributed by atoms with Crippen molar-refractivity contribution in [1.29, 1.82) is 0 Å². The van der Waals surface area contributed by atoms with E-state index >= 15 is 0 Å². The van der Waals surface area contributed by atoms with Gasteiger partial charge in [-0.25, -0.2) is 0 Å². The van der Waals surface area contributed by atoms with Crippen molar-refractivity contribution >= 4 is 7.85 Å². The Labute approximate surface area is 180 Å². The van der Waals surface area contributed by atoms with Gasteiger partial charge in [0.2, 0.25) is 0 Å². The summed E-state index contributed by atoms with van der Waals surface area (Å²) in [7, 11) is 8.88. The number of ether oxygens (including phenoxy) is 7. The lowest BCUT2D eigenvalue weighted by Gasteiger charge is -2.40. The summed E-state index contributed by atoms with van der Waals surface area (Å²) in [6.45, 7) is 6.71. The van der Waals surface area contributed by atoms with Gasteiger partial charge in [0.05, 0.1) is 12.2 Å². The van der Waals surface area contributed by atoms with E-state index in [0.29, 0.717) is 19.6 Å². The van der Waals surface area contributed by atoms with Gasteiger partial charge in [-0.3, -0.25) is 0 Å². The smallest absolute Gasteiger partial charge is 0.186 e. The van der Waals surface area contributed by atoms with Crippen molar-refractivity contribution in [3.05, 3.63) is 35.9 Å². The van der Waals surface area contributed by atoms with E-state index in [9.17, 15) is 0 Å². The number of hydrogen-bond donors (Lipinski definition) is 0. The Kier molecular flexibility index (Phi) is 8.32. The first-order valence-electron chi connectivity index (χ1n) is 10.4. The molecule has 7 atom stereocenters. The minimum atomic E-state index is -0.539. The van der Waals surface area contributed by atoms with E-state index in [1.165, 1.54) is 0 Å². The van der Waals surface area contributed by atoms with Gasteiger partial charge in [-0.2, -0.15) is 0 Å². The maximum absolute atomic E-state index is 6.28. The van der Waals surface area contributed by atoms with Crippen LogP contribution in [-0.4, -0.2) is 77.6 Å². The van der Waals surface area contributed by atoms with Crippen LogP contribution in [0.2, 0.25) is 0 Å². The molecule has 7 nitrogen and oxygen atoms in total. The number of hydrogen-bond acceptors (Lipinski definition) is 7. The molecule has 1 aromatic carbocycles. The second-order valence-electron chi connectivity index (χ2n) is 8.32. The van der Waals surface area contributed by atoms with Gasteiger partial charge in [0.25, 0.3) is 0 Å². The number of rotatable bonds is 10. The summed E-state index contributed by atoms with van der Waals surface area (Å²) < 4.78 is 41.4. The molecule has 0 bridgehead atoms. The average Bonchev–Trinajstić information content (AvgIpc) is 3.10. The monoisotopic (exact) mass is 420 g/mol. The Morgan fingerprint density at radius 2 is 1.77 bits per heavy atom. The normalized spacial score (nSPS) is 32.7. The van der Waals surface area contributed by atoms with Crippen LogP contribution in [0.4, 0.5) is 0 Å². The molecule has 8 heteroatoms. The summed E-state index contributed by atoms with van der Waals surface area (Å²) in [5.74, 6) is 0. The number of benzene rings is 1. The highest BCUT2D eigenvalue weighted by Crippen LogP contribution is 2.39. The molecule has 0 aromatic heterocycles. The SMILES string of the molecule is [B]C(C)OCCC(C)(C)OCC1OC(c2ccccc2)OC2C1OC(OC)C2OC. The van der Waals surface area contributed by atoms with E-state index in [1.54, 1.807) is 14.2 Å². The zero-order valence-electron chi connectivity index (χ0n) is 18.5. The fourth-order valence-electron chi connectivity index (χ4n) is 3.72. The lowest BCUT2D eigenvalue weighted by molar-refractivity contribution is -0.298. The summed E-state index contributed by atoms with van der Waals surface area (Å²) in [5, 5.41) is 0. The van der Waals surface area contributed by atoms with Crippen molar-refractivity contribution in [2.75, 3.05) is 27.4 Å². The van der Waals surface area contributed by atoms with Crippen LogP contribution in [-0.2, 0) is 33.2 Å². The molecule has 2 aliphatic rings. The Balaban J connectivity index is 1.70. The molecule has 0 amide bonds. The molecule has 0 N–H and O–H groups in total. The van der Waals surface area contributed by atoms with Crippen molar-refractivity contribution in [2.24, 2.45) is 0 Å². The number of fused-ring (bicyclic) bond motifs is 1. The van der Waals surface area contributed by atoms with Gasteiger partial charge in [-0.1, -0.05) is 30.3 Å². The molecule has 1 aromatic rings. The summed E-state index contributed by atoms with van der Waals surface area (Å²) in [6.07, 6.45) is -1.77. The van der Waals surface area contributed by atoms with E-state index in [1.807, 2.05) is 51.1 Å². The lowest BCUT2D eigenvalue weighted by atomic mass is 10.0. The highest BCUT2D eigenvalue weighted by atomic mass is 16.8. The van der Waals surface area contributed by atoms with Crippen molar-refractivity contribution < 1.29 is 33.2 Å². The van der Waals surface area contributed by atoms with Gasteiger partial charge in [-0.05, 0) is 27.2 Å². The van der Waals surface area contributed by atoms with Gasteiger partial charge in [-0.15, -0.1) is 0 Å². The first-order valence-corrected chi connectivity index (χ1v) is 10.4.